The first kappa shape index (κ1) is 35.2. The molecule has 0 saturated carbocycles. The largest absolute Gasteiger partial charge is 0.0622 e. The van der Waals surface area contributed by atoms with Crippen LogP contribution in [-0.2, 0) is 10.8 Å². The van der Waals surface area contributed by atoms with Gasteiger partial charge in [0.2, 0.25) is 0 Å². The second kappa shape index (κ2) is 14.3. The van der Waals surface area contributed by atoms with Gasteiger partial charge in [0.25, 0.3) is 0 Å². The van der Waals surface area contributed by atoms with Crippen molar-refractivity contribution in [3.05, 3.63) is 229 Å². The van der Waals surface area contributed by atoms with Gasteiger partial charge in [-0.3, -0.25) is 0 Å². The third-order valence-corrected chi connectivity index (χ3v) is 12.0. The highest BCUT2D eigenvalue weighted by atomic mass is 14.4. The SMILES string of the molecule is CC1(C)c2ccccc2-c2cc3ccccc3cc21.CC1(C)c2ccccc2-c2cc3ccccc3cc21.c1ccc(-c2ccc(-c3ccccc3)cc2)cc1. The quantitative estimate of drug-likeness (QED) is 0.167. The Morgan fingerprint density at radius 3 is 0.893 bits per heavy atom. The Balaban J connectivity index is 0.000000110. The summed E-state index contributed by atoms with van der Waals surface area (Å²) in [7, 11) is 0. The molecule has 0 unspecified atom stereocenters. The number of hydrogen-bond donors (Lipinski definition) is 0. The van der Waals surface area contributed by atoms with Gasteiger partial charge in [-0.05, 0) is 113 Å². The molecule has 0 nitrogen and oxygen atoms in total. The van der Waals surface area contributed by atoms with E-state index < -0.39 is 0 Å². The summed E-state index contributed by atoms with van der Waals surface area (Å²) >= 11 is 0. The van der Waals surface area contributed by atoms with Crippen molar-refractivity contribution < 1.29 is 0 Å². The van der Waals surface area contributed by atoms with Crippen molar-refractivity contribution >= 4 is 21.5 Å². The summed E-state index contributed by atoms with van der Waals surface area (Å²) in [6.07, 6.45) is 0. The summed E-state index contributed by atoms with van der Waals surface area (Å²) in [5.41, 5.74) is 16.6. The Bertz CT molecular complexity index is 2620. The smallest absolute Gasteiger partial charge is 0.0159 e. The molecule has 0 saturated heterocycles. The maximum absolute atomic E-state index is 2.37. The zero-order valence-electron chi connectivity index (χ0n) is 32.6. The highest BCUT2D eigenvalue weighted by molar-refractivity contribution is 5.94. The first-order valence-electron chi connectivity index (χ1n) is 19.8. The van der Waals surface area contributed by atoms with Crippen molar-refractivity contribution in [1.82, 2.24) is 0 Å². The fourth-order valence-electron chi connectivity index (χ4n) is 8.89. The standard InChI is InChI=1S/2C19H16.C18H14/c2*1-19(2)17-10-6-5-9-15(17)16-11-13-7-3-4-8-14(13)12-18(16)19;1-3-7-15(8-4-1)17-11-13-18(14-12-17)16-9-5-2-6-10-16/h2*3-12H,1-2H3;1-14H. The molecule has 0 N–H and O–H groups in total. The zero-order chi connectivity index (χ0) is 38.3. The molecule has 9 aromatic carbocycles. The fraction of sp³-hybridized carbons (Fsp3) is 0.107. The second-order valence-electron chi connectivity index (χ2n) is 16.1. The molecule has 0 spiro atoms. The van der Waals surface area contributed by atoms with E-state index in [0.717, 1.165) is 0 Å². The summed E-state index contributed by atoms with van der Waals surface area (Å²) in [5.74, 6) is 0. The van der Waals surface area contributed by atoms with Gasteiger partial charge in [-0.2, -0.15) is 0 Å². The second-order valence-corrected chi connectivity index (χ2v) is 16.1. The van der Waals surface area contributed by atoms with E-state index in [1.54, 1.807) is 0 Å². The Morgan fingerprint density at radius 2 is 0.518 bits per heavy atom. The Labute approximate surface area is 331 Å². The summed E-state index contributed by atoms with van der Waals surface area (Å²) in [4.78, 5) is 0. The molecule has 270 valence electrons. The number of rotatable bonds is 2. The average Bonchev–Trinajstić information content (AvgIpc) is 3.62. The van der Waals surface area contributed by atoms with E-state index in [9.17, 15) is 0 Å². The van der Waals surface area contributed by atoms with Gasteiger partial charge in [-0.1, -0.05) is 210 Å². The van der Waals surface area contributed by atoms with E-state index in [2.05, 4.69) is 222 Å². The third kappa shape index (κ3) is 6.32. The maximum atomic E-state index is 2.37. The molecule has 2 aliphatic carbocycles. The summed E-state index contributed by atoms with van der Waals surface area (Å²) in [5, 5.41) is 5.33. The Morgan fingerprint density at radius 1 is 0.232 bits per heavy atom. The summed E-state index contributed by atoms with van der Waals surface area (Å²) in [6.45, 7) is 9.30. The van der Waals surface area contributed by atoms with Gasteiger partial charge in [0.15, 0.2) is 0 Å². The molecule has 0 aromatic heterocycles. The lowest BCUT2D eigenvalue weighted by Gasteiger charge is -2.21. The predicted molar refractivity (Wildman–Crippen MR) is 240 cm³/mol. The van der Waals surface area contributed by atoms with Crippen LogP contribution in [0, 0.1) is 0 Å². The van der Waals surface area contributed by atoms with Crippen LogP contribution < -0.4 is 0 Å². The minimum absolute atomic E-state index is 0.107. The molecule has 0 heteroatoms. The molecule has 0 aliphatic heterocycles. The summed E-state index contributed by atoms with van der Waals surface area (Å²) in [6, 6.07) is 73.9. The normalized spacial score (nSPS) is 13.6. The van der Waals surface area contributed by atoms with Crippen molar-refractivity contribution in [2.75, 3.05) is 0 Å². The Kier molecular flexibility index (Phi) is 8.99. The molecular formula is C56H46. The van der Waals surface area contributed by atoms with Crippen LogP contribution in [0.25, 0.3) is 66.1 Å². The van der Waals surface area contributed by atoms with Crippen LogP contribution in [0.5, 0.6) is 0 Å². The lowest BCUT2D eigenvalue weighted by molar-refractivity contribution is 0.661. The van der Waals surface area contributed by atoms with Crippen molar-refractivity contribution in [3.63, 3.8) is 0 Å². The minimum atomic E-state index is 0.107. The molecule has 0 amide bonds. The van der Waals surface area contributed by atoms with Gasteiger partial charge in [0.05, 0.1) is 0 Å². The van der Waals surface area contributed by atoms with Crippen molar-refractivity contribution in [1.29, 1.82) is 0 Å². The van der Waals surface area contributed by atoms with Crippen LogP contribution in [-0.4, -0.2) is 0 Å². The maximum Gasteiger partial charge on any atom is 0.0159 e. The molecule has 0 atom stereocenters. The number of hydrogen-bond acceptors (Lipinski definition) is 0. The van der Waals surface area contributed by atoms with Crippen LogP contribution in [0.3, 0.4) is 0 Å². The van der Waals surface area contributed by atoms with Crippen LogP contribution in [0.4, 0.5) is 0 Å². The average molecular weight is 719 g/mol. The van der Waals surface area contributed by atoms with Gasteiger partial charge in [-0.25, -0.2) is 0 Å². The molecular weight excluding hydrogens is 673 g/mol. The number of fused-ring (bicyclic) bond motifs is 8. The monoisotopic (exact) mass is 718 g/mol. The van der Waals surface area contributed by atoms with Crippen LogP contribution in [0.1, 0.15) is 49.9 Å². The lowest BCUT2D eigenvalue weighted by Crippen LogP contribution is -2.14. The van der Waals surface area contributed by atoms with E-state index in [0.29, 0.717) is 0 Å². The molecule has 0 radical (unpaired) electrons. The van der Waals surface area contributed by atoms with E-state index >= 15 is 0 Å². The van der Waals surface area contributed by atoms with Gasteiger partial charge >= 0.3 is 0 Å². The molecule has 0 bridgehead atoms. The van der Waals surface area contributed by atoms with E-state index in [4.69, 9.17) is 0 Å². The summed E-state index contributed by atoms with van der Waals surface area (Å²) < 4.78 is 0. The predicted octanol–water partition coefficient (Wildman–Crippen LogP) is 15.3. The zero-order valence-corrected chi connectivity index (χ0v) is 32.6. The Hall–Kier alpha value is -6.50. The van der Waals surface area contributed by atoms with Gasteiger partial charge in [-0.15, -0.1) is 0 Å². The van der Waals surface area contributed by atoms with Gasteiger partial charge < -0.3 is 0 Å². The van der Waals surface area contributed by atoms with E-state index in [1.807, 2.05) is 12.1 Å². The van der Waals surface area contributed by atoms with Gasteiger partial charge in [0.1, 0.15) is 0 Å². The number of benzene rings is 9. The highest BCUT2D eigenvalue weighted by Gasteiger charge is 2.36. The van der Waals surface area contributed by atoms with Crippen molar-refractivity contribution in [3.8, 4) is 44.5 Å². The van der Waals surface area contributed by atoms with Gasteiger partial charge in [0, 0.05) is 10.8 Å². The molecule has 9 aromatic rings. The van der Waals surface area contributed by atoms with Crippen LogP contribution in [0.15, 0.2) is 206 Å². The van der Waals surface area contributed by atoms with Crippen molar-refractivity contribution in [2.24, 2.45) is 0 Å². The lowest BCUT2D eigenvalue weighted by atomic mass is 9.82. The molecule has 11 rings (SSSR count). The third-order valence-electron chi connectivity index (χ3n) is 12.0. The van der Waals surface area contributed by atoms with E-state index in [-0.39, 0.29) is 10.8 Å². The highest BCUT2D eigenvalue weighted by Crippen LogP contribution is 2.50. The molecule has 0 fully saturated rings. The van der Waals surface area contributed by atoms with Crippen molar-refractivity contribution in [2.45, 2.75) is 38.5 Å². The first-order valence-corrected chi connectivity index (χ1v) is 19.8. The first-order chi connectivity index (χ1) is 27.3. The molecule has 2 aliphatic rings. The van der Waals surface area contributed by atoms with E-state index in [1.165, 1.54) is 88.3 Å². The fourth-order valence-corrected chi connectivity index (χ4v) is 8.89. The van der Waals surface area contributed by atoms with Crippen LogP contribution >= 0.6 is 0 Å². The molecule has 56 heavy (non-hydrogen) atoms. The molecule has 0 heterocycles. The van der Waals surface area contributed by atoms with Crippen LogP contribution in [0.2, 0.25) is 0 Å². The minimum Gasteiger partial charge on any atom is -0.0622 e. The topological polar surface area (TPSA) is 0 Å².